The lowest BCUT2D eigenvalue weighted by Crippen LogP contribution is -2.16. The van der Waals surface area contributed by atoms with Crippen LogP contribution in [-0.4, -0.2) is 18.1 Å². The van der Waals surface area contributed by atoms with E-state index < -0.39 is 0 Å². The molecule has 0 spiro atoms. The number of hydrogen-bond donors (Lipinski definition) is 2. The standard InChI is InChI=1S/C19H20N2O2/c1-13-7-3-5-9-16(13)21-18(11-19(22)23-2)15-12-20-17-10-6-4-8-14(15)17/h3-10,12,18,20-21H,11H2,1-2H3. The topological polar surface area (TPSA) is 54.1 Å². The van der Waals surface area contributed by atoms with E-state index in [-0.39, 0.29) is 18.4 Å². The fourth-order valence-electron chi connectivity index (χ4n) is 2.79. The third-order valence-corrected chi connectivity index (χ3v) is 4.07. The number of aromatic nitrogens is 1. The van der Waals surface area contributed by atoms with Gasteiger partial charge in [-0.3, -0.25) is 4.79 Å². The van der Waals surface area contributed by atoms with Gasteiger partial charge in [0.05, 0.1) is 19.6 Å². The first-order valence-electron chi connectivity index (χ1n) is 7.64. The summed E-state index contributed by atoms with van der Waals surface area (Å²) in [5.74, 6) is -0.235. The van der Waals surface area contributed by atoms with E-state index in [4.69, 9.17) is 4.74 Å². The van der Waals surface area contributed by atoms with Gasteiger partial charge in [0.1, 0.15) is 0 Å². The van der Waals surface area contributed by atoms with E-state index in [9.17, 15) is 4.79 Å². The van der Waals surface area contributed by atoms with E-state index >= 15 is 0 Å². The summed E-state index contributed by atoms with van der Waals surface area (Å²) < 4.78 is 4.87. The van der Waals surface area contributed by atoms with Crippen LogP contribution in [0.4, 0.5) is 5.69 Å². The second-order valence-electron chi connectivity index (χ2n) is 5.58. The second kappa shape index (κ2) is 6.57. The van der Waals surface area contributed by atoms with E-state index in [2.05, 4.69) is 16.4 Å². The maximum atomic E-state index is 11.9. The third-order valence-electron chi connectivity index (χ3n) is 4.07. The summed E-state index contributed by atoms with van der Waals surface area (Å²) in [6, 6.07) is 16.0. The maximum absolute atomic E-state index is 11.9. The minimum Gasteiger partial charge on any atom is -0.469 e. The summed E-state index contributed by atoms with van der Waals surface area (Å²) in [4.78, 5) is 15.1. The van der Waals surface area contributed by atoms with Gasteiger partial charge >= 0.3 is 5.97 Å². The minimum atomic E-state index is -0.235. The molecule has 0 aliphatic carbocycles. The van der Waals surface area contributed by atoms with Crippen molar-refractivity contribution in [3.8, 4) is 0 Å². The lowest BCUT2D eigenvalue weighted by atomic mass is 10.0. The van der Waals surface area contributed by atoms with Gasteiger partial charge in [-0.2, -0.15) is 0 Å². The van der Waals surface area contributed by atoms with E-state index in [1.54, 1.807) is 0 Å². The van der Waals surface area contributed by atoms with E-state index in [0.29, 0.717) is 0 Å². The molecule has 0 aliphatic heterocycles. The first-order valence-corrected chi connectivity index (χ1v) is 7.64. The number of fused-ring (bicyclic) bond motifs is 1. The minimum absolute atomic E-state index is 0.153. The number of nitrogens with one attached hydrogen (secondary N) is 2. The molecule has 1 unspecified atom stereocenters. The summed E-state index contributed by atoms with van der Waals surface area (Å²) in [7, 11) is 1.42. The van der Waals surface area contributed by atoms with Crippen molar-refractivity contribution >= 4 is 22.6 Å². The molecule has 3 rings (SSSR count). The molecule has 2 N–H and O–H groups in total. The predicted molar refractivity (Wildman–Crippen MR) is 92.5 cm³/mol. The van der Waals surface area contributed by atoms with Crippen molar-refractivity contribution < 1.29 is 9.53 Å². The van der Waals surface area contributed by atoms with Crippen LogP contribution in [0, 0.1) is 6.92 Å². The summed E-state index contributed by atoms with van der Waals surface area (Å²) >= 11 is 0. The van der Waals surface area contributed by atoms with Gasteiger partial charge in [-0.1, -0.05) is 36.4 Å². The van der Waals surface area contributed by atoms with Gasteiger partial charge in [-0.25, -0.2) is 0 Å². The zero-order chi connectivity index (χ0) is 16.2. The van der Waals surface area contributed by atoms with Gasteiger partial charge < -0.3 is 15.0 Å². The predicted octanol–water partition coefficient (Wildman–Crippen LogP) is 4.19. The second-order valence-corrected chi connectivity index (χ2v) is 5.58. The molecular weight excluding hydrogens is 288 g/mol. The number of anilines is 1. The van der Waals surface area contributed by atoms with Crippen molar-refractivity contribution in [3.05, 3.63) is 65.9 Å². The van der Waals surface area contributed by atoms with Gasteiger partial charge in [0, 0.05) is 28.4 Å². The van der Waals surface area contributed by atoms with Crippen LogP contribution in [0.2, 0.25) is 0 Å². The first kappa shape index (κ1) is 15.2. The fourth-order valence-corrected chi connectivity index (χ4v) is 2.79. The number of carbonyl (C=O) groups excluding carboxylic acids is 1. The van der Waals surface area contributed by atoms with Crippen molar-refractivity contribution in [1.82, 2.24) is 4.98 Å². The molecule has 0 saturated carbocycles. The van der Waals surface area contributed by atoms with Gasteiger partial charge in [0.2, 0.25) is 0 Å². The van der Waals surface area contributed by atoms with Gasteiger partial charge in [-0.15, -0.1) is 0 Å². The molecule has 0 bridgehead atoms. The van der Waals surface area contributed by atoms with Crippen molar-refractivity contribution in [2.75, 3.05) is 12.4 Å². The molecule has 0 fully saturated rings. The number of hydrogen-bond acceptors (Lipinski definition) is 3. The molecule has 0 radical (unpaired) electrons. The average Bonchev–Trinajstić information content (AvgIpc) is 3.00. The molecule has 3 aromatic rings. The molecule has 4 nitrogen and oxygen atoms in total. The average molecular weight is 308 g/mol. The number of esters is 1. The summed E-state index contributed by atoms with van der Waals surface area (Å²) in [5.41, 5.74) is 4.28. The number of para-hydroxylation sites is 2. The molecular formula is C19H20N2O2. The SMILES string of the molecule is COC(=O)CC(Nc1ccccc1C)c1c[nH]c2ccccc12. The van der Waals surface area contributed by atoms with Crippen molar-refractivity contribution in [2.24, 2.45) is 0 Å². The highest BCUT2D eigenvalue weighted by Crippen LogP contribution is 2.30. The normalized spacial score (nSPS) is 12.1. The Hall–Kier alpha value is -2.75. The molecule has 0 aliphatic rings. The first-order chi connectivity index (χ1) is 11.2. The van der Waals surface area contributed by atoms with Crippen molar-refractivity contribution in [2.45, 2.75) is 19.4 Å². The summed E-state index contributed by atoms with van der Waals surface area (Å²) in [6.45, 7) is 2.05. The van der Waals surface area contributed by atoms with Crippen LogP contribution in [0.25, 0.3) is 10.9 Å². The number of rotatable bonds is 5. The van der Waals surface area contributed by atoms with Crippen LogP contribution in [0.3, 0.4) is 0 Å². The number of aromatic amines is 1. The Morgan fingerprint density at radius 3 is 2.70 bits per heavy atom. The largest absolute Gasteiger partial charge is 0.469 e. The summed E-state index contributed by atoms with van der Waals surface area (Å²) in [6.07, 6.45) is 2.23. The van der Waals surface area contributed by atoms with Crippen LogP contribution >= 0.6 is 0 Å². The van der Waals surface area contributed by atoms with Crippen LogP contribution in [0.1, 0.15) is 23.6 Å². The number of methoxy groups -OCH3 is 1. The highest BCUT2D eigenvalue weighted by molar-refractivity contribution is 5.85. The van der Waals surface area contributed by atoms with Gasteiger partial charge in [0.15, 0.2) is 0 Å². The number of carbonyl (C=O) groups is 1. The number of benzene rings is 2. The molecule has 4 heteroatoms. The van der Waals surface area contributed by atoms with E-state index in [1.165, 1.54) is 7.11 Å². The Morgan fingerprint density at radius 2 is 1.91 bits per heavy atom. The Morgan fingerprint density at radius 1 is 1.17 bits per heavy atom. The maximum Gasteiger partial charge on any atom is 0.307 e. The molecule has 1 atom stereocenters. The molecule has 1 aromatic heterocycles. The van der Waals surface area contributed by atoms with Crippen LogP contribution in [0.15, 0.2) is 54.7 Å². The van der Waals surface area contributed by atoms with Crippen molar-refractivity contribution in [1.29, 1.82) is 0 Å². The number of aryl methyl sites for hydroxylation is 1. The highest BCUT2D eigenvalue weighted by Gasteiger charge is 2.20. The van der Waals surface area contributed by atoms with E-state index in [0.717, 1.165) is 27.7 Å². The Kier molecular flexibility index (Phi) is 4.33. The van der Waals surface area contributed by atoms with E-state index in [1.807, 2.05) is 55.6 Å². The highest BCUT2D eigenvalue weighted by atomic mass is 16.5. The number of H-pyrrole nitrogens is 1. The molecule has 23 heavy (non-hydrogen) atoms. The molecule has 0 saturated heterocycles. The van der Waals surface area contributed by atoms with Gasteiger partial charge in [-0.05, 0) is 24.6 Å². The van der Waals surface area contributed by atoms with Crippen LogP contribution in [-0.2, 0) is 9.53 Å². The third kappa shape index (κ3) is 3.21. The lowest BCUT2D eigenvalue weighted by molar-refractivity contribution is -0.140. The van der Waals surface area contributed by atoms with Crippen LogP contribution in [0.5, 0.6) is 0 Å². The Balaban J connectivity index is 1.98. The number of ether oxygens (including phenoxy) is 1. The van der Waals surface area contributed by atoms with Crippen LogP contribution < -0.4 is 5.32 Å². The molecule has 0 amide bonds. The Bertz CT molecular complexity index is 823. The zero-order valence-electron chi connectivity index (χ0n) is 13.3. The quantitative estimate of drug-likeness (QED) is 0.695. The zero-order valence-corrected chi connectivity index (χ0v) is 13.3. The molecule has 1 heterocycles. The summed E-state index contributed by atoms with van der Waals surface area (Å²) in [5, 5.41) is 4.60. The monoisotopic (exact) mass is 308 g/mol. The fraction of sp³-hybridized carbons (Fsp3) is 0.211. The molecule has 118 valence electrons. The molecule has 2 aromatic carbocycles. The van der Waals surface area contributed by atoms with Gasteiger partial charge in [0.25, 0.3) is 0 Å². The van der Waals surface area contributed by atoms with Crippen molar-refractivity contribution in [3.63, 3.8) is 0 Å². The smallest absolute Gasteiger partial charge is 0.307 e. The lowest BCUT2D eigenvalue weighted by Gasteiger charge is -2.20. The Labute approximate surface area is 135 Å².